The van der Waals surface area contributed by atoms with E-state index in [2.05, 4.69) is 42.8 Å². The van der Waals surface area contributed by atoms with E-state index >= 15 is 0 Å². The molecule has 0 bridgehead atoms. The van der Waals surface area contributed by atoms with E-state index in [0.29, 0.717) is 0 Å². The van der Waals surface area contributed by atoms with Crippen LogP contribution in [0.2, 0.25) is 0 Å². The van der Waals surface area contributed by atoms with Gasteiger partial charge in [-0.05, 0) is 59.6 Å². The average Bonchev–Trinajstić information content (AvgIpc) is 2.27. The molecule has 0 saturated carbocycles. The van der Waals surface area contributed by atoms with E-state index in [1.54, 1.807) is 0 Å². The highest BCUT2D eigenvalue weighted by Crippen LogP contribution is 2.29. The summed E-state index contributed by atoms with van der Waals surface area (Å²) in [6.45, 7) is 3.36. The van der Waals surface area contributed by atoms with E-state index in [0.717, 1.165) is 21.2 Å². The molecule has 1 aliphatic heterocycles. The Labute approximate surface area is 113 Å². The fourth-order valence-electron chi connectivity index (χ4n) is 2.13. The second-order valence-corrected chi connectivity index (χ2v) is 6.07. The van der Waals surface area contributed by atoms with Gasteiger partial charge in [-0.1, -0.05) is 22.4 Å². The van der Waals surface area contributed by atoms with Gasteiger partial charge in [0.15, 0.2) is 0 Å². The second-order valence-electron chi connectivity index (χ2n) is 4.30. The molecule has 1 aromatic rings. The molecule has 2 N–H and O–H groups in total. The summed E-state index contributed by atoms with van der Waals surface area (Å²) in [4.78, 5) is 2.48. The van der Waals surface area contributed by atoms with Crippen LogP contribution in [0.15, 0.2) is 21.1 Å². The van der Waals surface area contributed by atoms with Gasteiger partial charge in [-0.3, -0.25) is 4.90 Å². The van der Waals surface area contributed by atoms with Crippen LogP contribution < -0.4 is 5.73 Å². The minimum atomic E-state index is 0.869. The van der Waals surface area contributed by atoms with Crippen molar-refractivity contribution in [2.45, 2.75) is 25.8 Å². The molecule has 0 aromatic heterocycles. The van der Waals surface area contributed by atoms with Crippen LogP contribution in [0.25, 0.3) is 0 Å². The number of piperidine rings is 1. The summed E-state index contributed by atoms with van der Waals surface area (Å²) >= 11 is 7.00. The Bertz CT molecular complexity index is 374. The predicted molar refractivity (Wildman–Crippen MR) is 75.4 cm³/mol. The molecule has 1 aliphatic rings. The number of likely N-dealkylation sites (tertiary alicyclic amines) is 1. The third-order valence-corrected chi connectivity index (χ3v) is 4.14. The van der Waals surface area contributed by atoms with Crippen LogP contribution >= 0.6 is 31.9 Å². The third kappa shape index (κ3) is 2.99. The van der Waals surface area contributed by atoms with Gasteiger partial charge in [0.25, 0.3) is 0 Å². The fourth-order valence-corrected chi connectivity index (χ4v) is 3.44. The number of anilines is 1. The van der Waals surface area contributed by atoms with Gasteiger partial charge in [-0.15, -0.1) is 0 Å². The molecule has 16 heavy (non-hydrogen) atoms. The quantitative estimate of drug-likeness (QED) is 0.825. The van der Waals surface area contributed by atoms with Crippen LogP contribution in [0.1, 0.15) is 24.8 Å². The number of hydrogen-bond donors (Lipinski definition) is 1. The molecule has 1 fully saturated rings. The minimum Gasteiger partial charge on any atom is -0.398 e. The van der Waals surface area contributed by atoms with Gasteiger partial charge in [-0.25, -0.2) is 0 Å². The highest BCUT2D eigenvalue weighted by Gasteiger charge is 2.13. The van der Waals surface area contributed by atoms with Crippen molar-refractivity contribution in [2.75, 3.05) is 18.8 Å². The van der Waals surface area contributed by atoms with Crippen molar-refractivity contribution < 1.29 is 0 Å². The number of nitrogen functional groups attached to an aromatic ring is 1. The summed E-state index contributed by atoms with van der Waals surface area (Å²) in [7, 11) is 0. The van der Waals surface area contributed by atoms with Crippen LogP contribution in [0.4, 0.5) is 5.69 Å². The molecule has 0 unspecified atom stereocenters. The zero-order chi connectivity index (χ0) is 11.5. The highest BCUT2D eigenvalue weighted by molar-refractivity contribution is 9.11. The Hall–Kier alpha value is -0.0600. The van der Waals surface area contributed by atoms with Crippen molar-refractivity contribution in [1.82, 2.24) is 4.90 Å². The van der Waals surface area contributed by atoms with Gasteiger partial charge < -0.3 is 5.73 Å². The van der Waals surface area contributed by atoms with Gasteiger partial charge in [0.2, 0.25) is 0 Å². The molecule has 1 heterocycles. The van der Waals surface area contributed by atoms with Crippen LogP contribution in [-0.4, -0.2) is 18.0 Å². The normalized spacial score (nSPS) is 17.6. The molecule has 0 atom stereocenters. The fraction of sp³-hybridized carbons (Fsp3) is 0.500. The van der Waals surface area contributed by atoms with Crippen molar-refractivity contribution in [2.24, 2.45) is 0 Å². The Balaban J connectivity index is 2.13. The van der Waals surface area contributed by atoms with Gasteiger partial charge >= 0.3 is 0 Å². The van der Waals surface area contributed by atoms with Crippen molar-refractivity contribution >= 4 is 37.5 Å². The molecule has 0 spiro atoms. The first-order valence-corrected chi connectivity index (χ1v) is 7.21. The number of nitrogens with two attached hydrogens (primary N) is 1. The lowest BCUT2D eigenvalue weighted by atomic mass is 10.1. The Kier molecular flexibility index (Phi) is 4.27. The topological polar surface area (TPSA) is 29.3 Å². The number of hydrogen-bond acceptors (Lipinski definition) is 2. The van der Waals surface area contributed by atoms with Crippen LogP contribution in [-0.2, 0) is 6.54 Å². The molecular formula is C12H16Br2N2. The van der Waals surface area contributed by atoms with Crippen molar-refractivity contribution in [3.8, 4) is 0 Å². The standard InChI is InChI=1S/C12H16Br2N2/c13-10-6-9(12(15)11(14)7-10)8-16-4-2-1-3-5-16/h6-7H,1-5,8,15H2. The lowest BCUT2D eigenvalue weighted by molar-refractivity contribution is 0.221. The lowest BCUT2D eigenvalue weighted by Gasteiger charge is -2.27. The maximum absolute atomic E-state index is 6.07. The maximum atomic E-state index is 6.07. The van der Waals surface area contributed by atoms with Crippen LogP contribution in [0.3, 0.4) is 0 Å². The van der Waals surface area contributed by atoms with Crippen molar-refractivity contribution in [3.05, 3.63) is 26.6 Å². The molecular weight excluding hydrogens is 332 g/mol. The summed E-state index contributed by atoms with van der Waals surface area (Å²) in [6.07, 6.45) is 4.00. The molecule has 0 amide bonds. The van der Waals surface area contributed by atoms with Crippen molar-refractivity contribution in [1.29, 1.82) is 0 Å². The van der Waals surface area contributed by atoms with Crippen LogP contribution in [0, 0.1) is 0 Å². The van der Waals surface area contributed by atoms with Gasteiger partial charge in [0.1, 0.15) is 0 Å². The smallest absolute Gasteiger partial charge is 0.0504 e. The lowest BCUT2D eigenvalue weighted by Crippen LogP contribution is -2.29. The number of nitrogens with zero attached hydrogens (tertiary/aromatic N) is 1. The second kappa shape index (κ2) is 5.52. The van der Waals surface area contributed by atoms with E-state index in [9.17, 15) is 0 Å². The first-order valence-electron chi connectivity index (χ1n) is 5.62. The molecule has 0 radical (unpaired) electrons. The SMILES string of the molecule is Nc1c(Br)cc(Br)cc1CN1CCCCC1. The van der Waals surface area contributed by atoms with Gasteiger partial charge in [0.05, 0.1) is 5.69 Å². The van der Waals surface area contributed by atoms with Crippen LogP contribution in [0.5, 0.6) is 0 Å². The third-order valence-electron chi connectivity index (χ3n) is 3.02. The first-order chi connectivity index (χ1) is 7.66. The maximum Gasteiger partial charge on any atom is 0.0504 e. The number of halogens is 2. The largest absolute Gasteiger partial charge is 0.398 e. The van der Waals surface area contributed by atoms with Crippen molar-refractivity contribution in [3.63, 3.8) is 0 Å². The molecule has 88 valence electrons. The van der Waals surface area contributed by atoms with E-state index in [4.69, 9.17) is 5.73 Å². The summed E-state index contributed by atoms with van der Waals surface area (Å²) in [6, 6.07) is 4.11. The highest BCUT2D eigenvalue weighted by atomic mass is 79.9. The average molecular weight is 348 g/mol. The minimum absolute atomic E-state index is 0.869. The Morgan fingerprint density at radius 2 is 1.81 bits per heavy atom. The molecule has 2 nitrogen and oxygen atoms in total. The number of benzene rings is 1. The van der Waals surface area contributed by atoms with E-state index in [1.165, 1.54) is 37.9 Å². The van der Waals surface area contributed by atoms with E-state index < -0.39 is 0 Å². The van der Waals surface area contributed by atoms with E-state index in [-0.39, 0.29) is 0 Å². The van der Waals surface area contributed by atoms with E-state index in [1.807, 2.05) is 6.07 Å². The molecule has 2 rings (SSSR count). The summed E-state index contributed by atoms with van der Waals surface area (Å²) < 4.78 is 2.06. The molecule has 4 heteroatoms. The number of rotatable bonds is 2. The summed E-state index contributed by atoms with van der Waals surface area (Å²) in [5, 5.41) is 0. The Morgan fingerprint density at radius 3 is 2.50 bits per heavy atom. The zero-order valence-corrected chi connectivity index (χ0v) is 12.3. The summed E-state index contributed by atoms with van der Waals surface area (Å²) in [5.74, 6) is 0. The predicted octanol–water partition coefficient (Wildman–Crippen LogP) is 3.78. The first kappa shape index (κ1) is 12.4. The molecule has 1 saturated heterocycles. The molecule has 1 aromatic carbocycles. The van der Waals surface area contributed by atoms with Gasteiger partial charge in [0, 0.05) is 15.5 Å². The Morgan fingerprint density at radius 1 is 1.12 bits per heavy atom. The zero-order valence-electron chi connectivity index (χ0n) is 9.18. The monoisotopic (exact) mass is 346 g/mol. The molecule has 0 aliphatic carbocycles. The van der Waals surface area contributed by atoms with Gasteiger partial charge in [-0.2, -0.15) is 0 Å². The summed E-state index contributed by atoms with van der Waals surface area (Å²) in [5.41, 5.74) is 8.15.